The summed E-state index contributed by atoms with van der Waals surface area (Å²) in [6.07, 6.45) is 17.9. The van der Waals surface area contributed by atoms with Crippen LogP contribution in [0, 0.1) is 5.92 Å². The smallest absolute Gasteiger partial charge is 0.0173 e. The van der Waals surface area contributed by atoms with Crippen molar-refractivity contribution in [2.75, 3.05) is 19.6 Å². The van der Waals surface area contributed by atoms with Gasteiger partial charge in [-0.3, -0.25) is 0 Å². The molecule has 2 rings (SSSR count). The van der Waals surface area contributed by atoms with Crippen molar-refractivity contribution >= 4 is 0 Å². The molecule has 0 radical (unpaired) electrons. The largest absolute Gasteiger partial charge is 0.243 e. The van der Waals surface area contributed by atoms with E-state index in [1.165, 1.54) is 83.5 Å². The predicted octanol–water partition coefficient (Wildman–Crippen LogP) is 2.03. The highest BCUT2D eigenvalue weighted by molar-refractivity contribution is 4.70. The first-order valence-corrected chi connectivity index (χ1v) is 10.2. The Balaban J connectivity index is 1.62. The molecule has 0 aliphatic carbocycles. The van der Waals surface area contributed by atoms with Gasteiger partial charge in [0.1, 0.15) is 0 Å². The summed E-state index contributed by atoms with van der Waals surface area (Å²) in [6.45, 7) is 3.23. The summed E-state index contributed by atoms with van der Waals surface area (Å²) in [6, 6.07) is 0. The summed E-state index contributed by atoms with van der Waals surface area (Å²) in [5.41, 5.74) is 18.1. The van der Waals surface area contributed by atoms with E-state index in [1.54, 1.807) is 0 Å². The zero-order valence-corrected chi connectivity index (χ0v) is 15.3. The van der Waals surface area contributed by atoms with E-state index in [0.29, 0.717) is 0 Å². The maximum Gasteiger partial charge on any atom is 0.0173 e. The van der Waals surface area contributed by atoms with Crippen LogP contribution in [0.5, 0.6) is 0 Å². The first-order valence-electron chi connectivity index (χ1n) is 10.2. The number of rotatable bonds is 0. The maximum atomic E-state index is 3.22. The van der Waals surface area contributed by atoms with Crippen molar-refractivity contribution in [3.63, 3.8) is 0 Å². The quantitative estimate of drug-likeness (QED) is 0.403. The lowest BCUT2D eigenvalue weighted by Gasteiger charge is -2.33. The Morgan fingerprint density at radius 2 is 1.21 bits per heavy atom. The van der Waals surface area contributed by atoms with E-state index in [4.69, 9.17) is 0 Å². The third-order valence-corrected chi connectivity index (χ3v) is 5.17. The summed E-state index contributed by atoms with van der Waals surface area (Å²) in [7, 11) is 0. The normalized spacial score (nSPS) is 31.0. The maximum absolute atomic E-state index is 3.22. The van der Waals surface area contributed by atoms with Crippen molar-refractivity contribution in [3.8, 4) is 0 Å². The molecular formula is C17H39N7. The van der Waals surface area contributed by atoms with Gasteiger partial charge in [-0.25, -0.2) is 10.4 Å². The van der Waals surface area contributed by atoms with Crippen molar-refractivity contribution in [1.82, 2.24) is 38.1 Å². The summed E-state index contributed by atoms with van der Waals surface area (Å²) in [5, 5.41) is 2.28. The monoisotopic (exact) mass is 341 g/mol. The van der Waals surface area contributed by atoms with Gasteiger partial charge in [-0.05, 0) is 31.6 Å². The van der Waals surface area contributed by atoms with Gasteiger partial charge in [0, 0.05) is 19.6 Å². The SMILES string of the molecule is C1CCCCCCC2CCCN(C2)NNNNNNCCCCC1. The van der Waals surface area contributed by atoms with Gasteiger partial charge < -0.3 is 0 Å². The van der Waals surface area contributed by atoms with Crippen molar-refractivity contribution < 1.29 is 0 Å². The molecule has 2 aliphatic rings. The predicted molar refractivity (Wildman–Crippen MR) is 98.8 cm³/mol. The molecule has 2 unspecified atom stereocenters. The number of piperidine rings is 1. The molecule has 0 spiro atoms. The number of hydrogen-bond acceptors (Lipinski definition) is 7. The summed E-state index contributed by atoms with van der Waals surface area (Å²) >= 11 is 0. The zero-order valence-electron chi connectivity index (χ0n) is 15.3. The number of fused-ring (bicyclic) bond motifs is 2. The fourth-order valence-corrected chi connectivity index (χ4v) is 3.74. The van der Waals surface area contributed by atoms with Gasteiger partial charge in [-0.2, -0.15) is 27.7 Å². The highest BCUT2D eigenvalue weighted by Crippen LogP contribution is 2.21. The first kappa shape index (κ1) is 20.0. The molecule has 2 saturated heterocycles. The molecule has 6 N–H and O–H groups in total. The molecule has 2 aliphatic heterocycles. The van der Waals surface area contributed by atoms with E-state index < -0.39 is 0 Å². The Bertz CT molecular complexity index is 264. The van der Waals surface area contributed by atoms with Gasteiger partial charge in [0.25, 0.3) is 0 Å². The summed E-state index contributed by atoms with van der Waals surface area (Å²) in [4.78, 5) is 0. The standard InChI is InChI=1S/C17H39N7/c1-2-4-6-8-10-14-18-19-20-21-22-23-24-15-11-13-17(16-24)12-9-7-5-3-1/h17-23H,1-16H2. The summed E-state index contributed by atoms with van der Waals surface area (Å²) in [5.74, 6) is 0.843. The van der Waals surface area contributed by atoms with Crippen LogP contribution in [0.15, 0.2) is 0 Å². The van der Waals surface area contributed by atoms with E-state index in [1.807, 2.05) is 0 Å². The minimum atomic E-state index is 0.843. The van der Waals surface area contributed by atoms with Gasteiger partial charge in [0.15, 0.2) is 0 Å². The fourth-order valence-electron chi connectivity index (χ4n) is 3.74. The number of nitrogens with zero attached hydrogens (tertiary/aromatic N) is 1. The highest BCUT2D eigenvalue weighted by Gasteiger charge is 2.19. The molecule has 7 nitrogen and oxygen atoms in total. The minimum absolute atomic E-state index is 0.843. The second-order valence-electron chi connectivity index (χ2n) is 7.32. The highest BCUT2D eigenvalue weighted by atomic mass is 15.9. The second-order valence-corrected chi connectivity index (χ2v) is 7.32. The number of nitrogens with one attached hydrogen (secondary N) is 6. The molecule has 2 fully saturated rings. The molecule has 24 heavy (non-hydrogen) atoms. The molecular weight excluding hydrogens is 302 g/mol. The first-order chi connectivity index (χ1) is 11.9. The molecule has 0 saturated carbocycles. The summed E-state index contributed by atoms with van der Waals surface area (Å²) < 4.78 is 0. The van der Waals surface area contributed by atoms with E-state index in [-0.39, 0.29) is 0 Å². The van der Waals surface area contributed by atoms with Crippen LogP contribution in [0.3, 0.4) is 0 Å². The number of hydrogen-bond donors (Lipinski definition) is 6. The Morgan fingerprint density at radius 3 is 2.00 bits per heavy atom. The molecule has 142 valence electrons. The average Bonchev–Trinajstić information content (AvgIpc) is 2.60. The molecule has 0 aromatic heterocycles. The molecule has 0 amide bonds. The van der Waals surface area contributed by atoms with E-state index in [9.17, 15) is 0 Å². The molecule has 2 bridgehead atoms. The van der Waals surface area contributed by atoms with Crippen molar-refractivity contribution in [3.05, 3.63) is 0 Å². The Hall–Kier alpha value is -0.280. The lowest BCUT2D eigenvalue weighted by Crippen LogP contribution is -2.62. The van der Waals surface area contributed by atoms with Crippen molar-refractivity contribution in [1.29, 1.82) is 0 Å². The third-order valence-electron chi connectivity index (χ3n) is 5.17. The topological polar surface area (TPSA) is 75.4 Å². The lowest BCUT2D eigenvalue weighted by molar-refractivity contribution is 0.0678. The van der Waals surface area contributed by atoms with E-state index in [2.05, 4.69) is 38.1 Å². The van der Waals surface area contributed by atoms with Gasteiger partial charge in [-0.1, -0.05) is 57.8 Å². The van der Waals surface area contributed by atoms with Crippen molar-refractivity contribution in [2.24, 2.45) is 5.92 Å². The molecule has 7 heteroatoms. The van der Waals surface area contributed by atoms with Gasteiger partial charge in [0.05, 0.1) is 0 Å². The van der Waals surface area contributed by atoms with E-state index in [0.717, 1.165) is 25.6 Å². The lowest BCUT2D eigenvalue weighted by atomic mass is 9.93. The Labute approximate surface area is 147 Å². The molecule has 2 atom stereocenters. The average molecular weight is 342 g/mol. The molecule has 0 aromatic carbocycles. The van der Waals surface area contributed by atoms with Crippen LogP contribution in [0.2, 0.25) is 0 Å². The van der Waals surface area contributed by atoms with Crippen LogP contribution in [0.1, 0.15) is 83.5 Å². The van der Waals surface area contributed by atoms with E-state index >= 15 is 0 Å². The van der Waals surface area contributed by atoms with Crippen LogP contribution in [0.4, 0.5) is 0 Å². The number of hydrazine groups is 6. The Kier molecular flexibility index (Phi) is 11.6. The van der Waals surface area contributed by atoms with Crippen LogP contribution in [-0.2, 0) is 0 Å². The third kappa shape index (κ3) is 9.88. The minimum Gasteiger partial charge on any atom is -0.243 e. The zero-order chi connectivity index (χ0) is 16.7. The molecule has 2 heterocycles. The van der Waals surface area contributed by atoms with Crippen LogP contribution in [-0.4, -0.2) is 24.6 Å². The van der Waals surface area contributed by atoms with Crippen LogP contribution in [0.25, 0.3) is 0 Å². The Morgan fingerprint density at radius 1 is 0.583 bits per heavy atom. The molecule has 0 aromatic rings. The fraction of sp³-hybridized carbons (Fsp3) is 1.00. The van der Waals surface area contributed by atoms with Crippen molar-refractivity contribution in [2.45, 2.75) is 83.5 Å². The van der Waals surface area contributed by atoms with Gasteiger partial charge >= 0.3 is 0 Å². The second kappa shape index (κ2) is 13.9. The van der Waals surface area contributed by atoms with Gasteiger partial charge in [-0.15, -0.1) is 0 Å². The van der Waals surface area contributed by atoms with Crippen LogP contribution < -0.4 is 33.1 Å². The van der Waals surface area contributed by atoms with Gasteiger partial charge in [0.2, 0.25) is 0 Å². The van der Waals surface area contributed by atoms with Crippen LogP contribution >= 0.6 is 0 Å².